The van der Waals surface area contributed by atoms with Gasteiger partial charge in [-0.1, -0.05) is 0 Å². The van der Waals surface area contributed by atoms with Crippen molar-refractivity contribution in [3.8, 4) is 5.82 Å². The molecule has 3 heterocycles. The maximum atomic E-state index is 12.3. The molecule has 0 saturated heterocycles. The Morgan fingerprint density at radius 3 is 3.05 bits per heavy atom. The van der Waals surface area contributed by atoms with Crippen LogP contribution in [-0.2, 0) is 6.42 Å². The van der Waals surface area contributed by atoms with Gasteiger partial charge in [-0.25, -0.2) is 9.97 Å². The summed E-state index contributed by atoms with van der Waals surface area (Å²) in [7, 11) is 0. The molecule has 0 saturated carbocycles. The molecule has 3 aromatic rings. The van der Waals surface area contributed by atoms with Gasteiger partial charge in [-0.15, -0.1) is 0 Å². The third-order valence-electron chi connectivity index (χ3n) is 3.28. The average Bonchev–Trinajstić information content (AvgIpc) is 3.20. The number of hydrogen-bond acceptors (Lipinski definition) is 4. The van der Waals surface area contributed by atoms with Crippen molar-refractivity contribution in [2.75, 3.05) is 0 Å². The maximum absolute atomic E-state index is 12.3. The van der Waals surface area contributed by atoms with Crippen LogP contribution in [0, 0.1) is 0 Å². The Kier molecular flexibility index (Phi) is 4.29. The van der Waals surface area contributed by atoms with E-state index in [1.807, 2.05) is 12.3 Å². The Labute approximate surface area is 132 Å². The molecule has 0 aliphatic rings. The maximum Gasteiger partial charge on any atom is 0.251 e. The van der Waals surface area contributed by atoms with Crippen LogP contribution in [0.4, 0.5) is 0 Å². The molecular formula is C16H16N4OS. The zero-order chi connectivity index (χ0) is 15.4. The first-order valence-corrected chi connectivity index (χ1v) is 7.93. The highest BCUT2D eigenvalue weighted by Crippen LogP contribution is 2.10. The first-order chi connectivity index (χ1) is 10.7. The van der Waals surface area contributed by atoms with Crippen molar-refractivity contribution < 1.29 is 4.79 Å². The smallest absolute Gasteiger partial charge is 0.251 e. The molecule has 0 aromatic carbocycles. The lowest BCUT2D eigenvalue weighted by Crippen LogP contribution is -2.34. The summed E-state index contributed by atoms with van der Waals surface area (Å²) in [4.78, 5) is 20.6. The normalized spacial score (nSPS) is 12.0. The van der Waals surface area contributed by atoms with Crippen molar-refractivity contribution in [2.45, 2.75) is 19.4 Å². The summed E-state index contributed by atoms with van der Waals surface area (Å²) in [5.41, 5.74) is 1.84. The fourth-order valence-corrected chi connectivity index (χ4v) is 2.90. The van der Waals surface area contributed by atoms with E-state index in [0.29, 0.717) is 11.4 Å². The summed E-state index contributed by atoms with van der Waals surface area (Å²) < 4.78 is 1.77. The zero-order valence-electron chi connectivity index (χ0n) is 12.1. The molecule has 1 unspecified atom stereocenters. The zero-order valence-corrected chi connectivity index (χ0v) is 13.0. The van der Waals surface area contributed by atoms with Gasteiger partial charge in [-0.05, 0) is 47.9 Å². The predicted octanol–water partition coefficient (Wildman–Crippen LogP) is 2.69. The molecule has 112 valence electrons. The van der Waals surface area contributed by atoms with Crippen LogP contribution in [0.1, 0.15) is 22.8 Å². The molecule has 0 radical (unpaired) electrons. The van der Waals surface area contributed by atoms with E-state index in [4.69, 9.17) is 0 Å². The van der Waals surface area contributed by atoms with E-state index in [-0.39, 0.29) is 11.9 Å². The molecule has 0 spiro atoms. The molecule has 1 amide bonds. The SMILES string of the molecule is CC(Cc1ccsc1)NC(=O)c1ccnc(-n2ccnc2)c1. The largest absolute Gasteiger partial charge is 0.349 e. The second-order valence-electron chi connectivity index (χ2n) is 5.08. The molecule has 3 rings (SSSR count). The van der Waals surface area contributed by atoms with Crippen LogP contribution in [0.3, 0.4) is 0 Å². The van der Waals surface area contributed by atoms with Crippen molar-refractivity contribution in [2.24, 2.45) is 0 Å². The van der Waals surface area contributed by atoms with Crippen LogP contribution in [0.25, 0.3) is 5.82 Å². The summed E-state index contributed by atoms with van der Waals surface area (Å²) in [6.45, 7) is 2.01. The van der Waals surface area contributed by atoms with Gasteiger partial charge in [-0.2, -0.15) is 11.3 Å². The van der Waals surface area contributed by atoms with Crippen LogP contribution in [0.15, 0.2) is 53.9 Å². The topological polar surface area (TPSA) is 59.8 Å². The van der Waals surface area contributed by atoms with Crippen LogP contribution in [0.2, 0.25) is 0 Å². The summed E-state index contributed by atoms with van der Waals surface area (Å²) in [6.07, 6.45) is 7.59. The van der Waals surface area contributed by atoms with Crippen molar-refractivity contribution in [1.82, 2.24) is 19.9 Å². The van der Waals surface area contributed by atoms with Crippen LogP contribution < -0.4 is 5.32 Å². The average molecular weight is 312 g/mol. The van der Waals surface area contributed by atoms with E-state index >= 15 is 0 Å². The molecule has 3 aromatic heterocycles. The van der Waals surface area contributed by atoms with Crippen LogP contribution in [0.5, 0.6) is 0 Å². The minimum Gasteiger partial charge on any atom is -0.349 e. The highest BCUT2D eigenvalue weighted by atomic mass is 32.1. The Morgan fingerprint density at radius 1 is 1.41 bits per heavy atom. The Hall–Kier alpha value is -2.47. The van der Waals surface area contributed by atoms with Gasteiger partial charge < -0.3 is 5.32 Å². The van der Waals surface area contributed by atoms with Gasteiger partial charge in [0.1, 0.15) is 12.1 Å². The van der Waals surface area contributed by atoms with Crippen LogP contribution >= 0.6 is 11.3 Å². The second kappa shape index (κ2) is 6.53. The van der Waals surface area contributed by atoms with E-state index in [1.54, 1.807) is 53.0 Å². The van der Waals surface area contributed by atoms with E-state index in [2.05, 4.69) is 26.7 Å². The van der Waals surface area contributed by atoms with Gasteiger partial charge in [0.25, 0.3) is 5.91 Å². The number of hydrogen-bond donors (Lipinski definition) is 1. The number of thiophene rings is 1. The molecule has 1 N–H and O–H groups in total. The lowest BCUT2D eigenvalue weighted by Gasteiger charge is -2.13. The van der Waals surface area contributed by atoms with Gasteiger partial charge in [0.2, 0.25) is 0 Å². The number of carbonyl (C=O) groups excluding carboxylic acids is 1. The van der Waals surface area contributed by atoms with Gasteiger partial charge in [0.05, 0.1) is 0 Å². The summed E-state index contributed by atoms with van der Waals surface area (Å²) in [5.74, 6) is 0.585. The molecule has 22 heavy (non-hydrogen) atoms. The summed E-state index contributed by atoms with van der Waals surface area (Å²) >= 11 is 1.67. The standard InChI is InChI=1S/C16H16N4OS/c1-12(8-13-3-7-22-10-13)19-16(21)14-2-4-18-15(9-14)20-6-5-17-11-20/h2-7,9-12H,8H2,1H3,(H,19,21). The molecule has 6 heteroatoms. The number of amides is 1. The Balaban J connectivity index is 1.68. The molecule has 0 fully saturated rings. The number of nitrogens with one attached hydrogen (secondary N) is 1. The van der Waals surface area contributed by atoms with E-state index < -0.39 is 0 Å². The Morgan fingerprint density at radius 2 is 2.32 bits per heavy atom. The third-order valence-corrected chi connectivity index (χ3v) is 4.01. The predicted molar refractivity (Wildman–Crippen MR) is 86.3 cm³/mol. The molecule has 5 nitrogen and oxygen atoms in total. The van der Waals surface area contributed by atoms with Crippen molar-refractivity contribution in [3.05, 3.63) is 65.0 Å². The van der Waals surface area contributed by atoms with E-state index in [1.165, 1.54) is 5.56 Å². The first-order valence-electron chi connectivity index (χ1n) is 6.98. The minimum absolute atomic E-state index is 0.0759. The van der Waals surface area contributed by atoms with E-state index in [0.717, 1.165) is 6.42 Å². The third kappa shape index (κ3) is 3.40. The number of pyridine rings is 1. The molecule has 0 aliphatic carbocycles. The second-order valence-corrected chi connectivity index (χ2v) is 5.86. The molecule has 0 aliphatic heterocycles. The van der Waals surface area contributed by atoms with Gasteiger partial charge >= 0.3 is 0 Å². The van der Waals surface area contributed by atoms with Crippen molar-refractivity contribution in [3.63, 3.8) is 0 Å². The van der Waals surface area contributed by atoms with Gasteiger partial charge in [0, 0.05) is 30.2 Å². The Bertz CT molecular complexity index is 737. The lowest BCUT2D eigenvalue weighted by atomic mass is 10.1. The quantitative estimate of drug-likeness (QED) is 0.788. The minimum atomic E-state index is -0.0912. The fourth-order valence-electron chi connectivity index (χ4n) is 2.22. The monoisotopic (exact) mass is 312 g/mol. The number of aromatic nitrogens is 3. The summed E-state index contributed by atoms with van der Waals surface area (Å²) in [6, 6.07) is 5.63. The van der Waals surface area contributed by atoms with Crippen LogP contribution in [-0.4, -0.2) is 26.5 Å². The van der Waals surface area contributed by atoms with Crippen molar-refractivity contribution >= 4 is 17.2 Å². The fraction of sp³-hybridized carbons (Fsp3) is 0.188. The summed E-state index contributed by atoms with van der Waals surface area (Å²) in [5, 5.41) is 7.17. The number of carbonyl (C=O) groups is 1. The van der Waals surface area contributed by atoms with Gasteiger partial charge in [-0.3, -0.25) is 9.36 Å². The number of rotatable bonds is 5. The highest BCUT2D eigenvalue weighted by Gasteiger charge is 2.12. The van der Waals surface area contributed by atoms with E-state index in [9.17, 15) is 4.79 Å². The first kappa shape index (κ1) is 14.5. The molecule has 1 atom stereocenters. The molecular weight excluding hydrogens is 296 g/mol. The van der Waals surface area contributed by atoms with Crippen molar-refractivity contribution in [1.29, 1.82) is 0 Å². The highest BCUT2D eigenvalue weighted by molar-refractivity contribution is 7.07. The lowest BCUT2D eigenvalue weighted by molar-refractivity contribution is 0.0940. The molecule has 0 bridgehead atoms. The van der Waals surface area contributed by atoms with Gasteiger partial charge in [0.15, 0.2) is 0 Å². The number of imidazole rings is 1. The number of nitrogens with zero attached hydrogens (tertiary/aromatic N) is 3.